The fourth-order valence-corrected chi connectivity index (χ4v) is 1.86. The van der Waals surface area contributed by atoms with Crippen LogP contribution >= 0.6 is 0 Å². The fourth-order valence-electron chi connectivity index (χ4n) is 1.86. The number of hydrogen-bond acceptors (Lipinski definition) is 4. The highest BCUT2D eigenvalue weighted by Crippen LogP contribution is 2.06. The summed E-state index contributed by atoms with van der Waals surface area (Å²) in [5.74, 6) is -0.386. The Morgan fingerprint density at radius 2 is 2.00 bits per heavy atom. The number of nitrogens with one attached hydrogen (secondary N) is 2. The lowest BCUT2D eigenvalue weighted by molar-refractivity contribution is -0.128. The molecule has 0 aliphatic carbocycles. The lowest BCUT2D eigenvalue weighted by Gasteiger charge is -2.22. The molecule has 0 atom stereocenters. The van der Waals surface area contributed by atoms with Gasteiger partial charge in [0, 0.05) is 13.0 Å². The zero-order chi connectivity index (χ0) is 13.2. The molecule has 2 amide bonds. The van der Waals surface area contributed by atoms with E-state index in [9.17, 15) is 9.59 Å². The van der Waals surface area contributed by atoms with Gasteiger partial charge in [0.05, 0.1) is 6.10 Å². The van der Waals surface area contributed by atoms with Crippen LogP contribution in [-0.2, 0) is 14.3 Å². The first-order chi connectivity index (χ1) is 8.68. The quantitative estimate of drug-likeness (QED) is 0.512. The minimum atomic E-state index is -0.296. The van der Waals surface area contributed by atoms with Crippen LogP contribution < -0.4 is 16.4 Å². The Hall–Kier alpha value is -1.14. The number of rotatable bonds is 8. The predicted molar refractivity (Wildman–Crippen MR) is 67.9 cm³/mol. The number of carbonyl (C=O) groups excluding carboxylic acids is 2. The number of amides is 2. The van der Waals surface area contributed by atoms with Crippen molar-refractivity contribution in [2.45, 2.75) is 38.2 Å². The second kappa shape index (κ2) is 8.88. The van der Waals surface area contributed by atoms with Crippen LogP contribution in [0.1, 0.15) is 32.1 Å². The molecule has 0 aromatic heterocycles. The molecule has 6 heteroatoms. The molecule has 6 nitrogen and oxygen atoms in total. The summed E-state index contributed by atoms with van der Waals surface area (Å²) in [7, 11) is 0. The maximum absolute atomic E-state index is 11.4. The van der Waals surface area contributed by atoms with Crippen molar-refractivity contribution in [2.24, 2.45) is 5.73 Å². The van der Waals surface area contributed by atoms with Gasteiger partial charge in [-0.1, -0.05) is 0 Å². The molecular weight excluding hydrogens is 234 g/mol. The molecule has 0 bridgehead atoms. The third-order valence-electron chi connectivity index (χ3n) is 2.91. The van der Waals surface area contributed by atoms with Crippen molar-refractivity contribution in [3.63, 3.8) is 0 Å². The van der Waals surface area contributed by atoms with Gasteiger partial charge in [0.15, 0.2) is 0 Å². The lowest BCUT2D eigenvalue weighted by atomic mass is 10.1. The second-order valence-corrected chi connectivity index (χ2v) is 4.53. The van der Waals surface area contributed by atoms with Crippen molar-refractivity contribution >= 4 is 11.8 Å². The molecule has 1 aliphatic heterocycles. The van der Waals surface area contributed by atoms with Crippen molar-refractivity contribution in [3.05, 3.63) is 0 Å². The van der Waals surface area contributed by atoms with Gasteiger partial charge in [-0.2, -0.15) is 0 Å². The van der Waals surface area contributed by atoms with Crippen LogP contribution in [0.25, 0.3) is 0 Å². The maximum atomic E-state index is 11.4. The smallest absolute Gasteiger partial charge is 0.246 e. The minimum Gasteiger partial charge on any atom is -0.370 e. The average Bonchev–Trinajstić information content (AvgIpc) is 2.37. The topological polar surface area (TPSA) is 93.5 Å². The third kappa shape index (κ3) is 7.24. The number of hydrogen-bond donors (Lipinski definition) is 3. The Kier molecular flexibility index (Phi) is 7.36. The van der Waals surface area contributed by atoms with E-state index in [4.69, 9.17) is 10.5 Å². The monoisotopic (exact) mass is 257 g/mol. The van der Waals surface area contributed by atoms with E-state index >= 15 is 0 Å². The van der Waals surface area contributed by atoms with Crippen LogP contribution in [0, 0.1) is 0 Å². The average molecular weight is 257 g/mol. The first-order valence-corrected chi connectivity index (χ1v) is 6.56. The van der Waals surface area contributed by atoms with Crippen molar-refractivity contribution in [2.75, 3.05) is 26.2 Å². The Morgan fingerprint density at radius 1 is 1.28 bits per heavy atom. The normalized spacial score (nSPS) is 16.4. The molecule has 1 heterocycles. The molecule has 0 aromatic carbocycles. The van der Waals surface area contributed by atoms with E-state index in [1.165, 1.54) is 0 Å². The molecule has 0 radical (unpaired) electrons. The molecule has 1 aliphatic rings. The lowest BCUT2D eigenvalue weighted by Crippen LogP contribution is -2.36. The van der Waals surface area contributed by atoms with E-state index in [0.29, 0.717) is 19.4 Å². The summed E-state index contributed by atoms with van der Waals surface area (Å²) < 4.78 is 5.51. The number of unbranched alkanes of at least 4 members (excludes halogenated alkanes) is 1. The van der Waals surface area contributed by atoms with Crippen LogP contribution in [0.4, 0.5) is 0 Å². The summed E-state index contributed by atoms with van der Waals surface area (Å²) in [6, 6.07) is 0. The van der Waals surface area contributed by atoms with E-state index < -0.39 is 0 Å². The fraction of sp³-hybridized carbons (Fsp3) is 0.833. The zero-order valence-electron chi connectivity index (χ0n) is 10.7. The van der Waals surface area contributed by atoms with Gasteiger partial charge in [-0.25, -0.2) is 0 Å². The summed E-state index contributed by atoms with van der Waals surface area (Å²) in [5, 5.41) is 6.01. The highest BCUT2D eigenvalue weighted by atomic mass is 16.5. The van der Waals surface area contributed by atoms with E-state index in [1.54, 1.807) is 0 Å². The van der Waals surface area contributed by atoms with E-state index in [0.717, 1.165) is 32.4 Å². The van der Waals surface area contributed by atoms with Gasteiger partial charge in [0.25, 0.3) is 0 Å². The Labute approximate surface area is 108 Å². The van der Waals surface area contributed by atoms with Gasteiger partial charge in [0.1, 0.15) is 6.61 Å². The molecule has 1 rings (SSSR count). The minimum absolute atomic E-state index is 0.0902. The van der Waals surface area contributed by atoms with Crippen molar-refractivity contribution in [3.8, 4) is 0 Å². The van der Waals surface area contributed by atoms with Crippen LogP contribution in [0.2, 0.25) is 0 Å². The summed E-state index contributed by atoms with van der Waals surface area (Å²) in [5.41, 5.74) is 5.01. The first-order valence-electron chi connectivity index (χ1n) is 6.56. The van der Waals surface area contributed by atoms with Gasteiger partial charge in [0.2, 0.25) is 11.8 Å². The molecular formula is C12H23N3O3. The maximum Gasteiger partial charge on any atom is 0.246 e. The SMILES string of the molecule is NC(=O)CCCCNC(=O)COC1CCNCC1. The summed E-state index contributed by atoms with van der Waals surface area (Å²) in [6.45, 7) is 2.61. The molecule has 104 valence electrons. The molecule has 0 saturated carbocycles. The largest absolute Gasteiger partial charge is 0.370 e. The molecule has 0 aromatic rings. The van der Waals surface area contributed by atoms with Crippen molar-refractivity contribution < 1.29 is 14.3 Å². The Bertz CT molecular complexity index is 265. The molecule has 0 unspecified atom stereocenters. The molecule has 4 N–H and O–H groups in total. The van der Waals surface area contributed by atoms with Crippen LogP contribution in [-0.4, -0.2) is 44.2 Å². The van der Waals surface area contributed by atoms with Crippen LogP contribution in [0.15, 0.2) is 0 Å². The third-order valence-corrected chi connectivity index (χ3v) is 2.91. The highest BCUT2D eigenvalue weighted by Gasteiger charge is 2.14. The molecule has 18 heavy (non-hydrogen) atoms. The summed E-state index contributed by atoms with van der Waals surface area (Å²) >= 11 is 0. The van der Waals surface area contributed by atoms with E-state index in [-0.39, 0.29) is 24.5 Å². The summed E-state index contributed by atoms with van der Waals surface area (Å²) in [4.78, 5) is 21.9. The first kappa shape index (κ1) is 14.9. The van der Waals surface area contributed by atoms with E-state index in [2.05, 4.69) is 10.6 Å². The number of ether oxygens (including phenoxy) is 1. The Balaban J connectivity index is 1.94. The van der Waals surface area contributed by atoms with Gasteiger partial charge >= 0.3 is 0 Å². The van der Waals surface area contributed by atoms with E-state index in [1.807, 2.05) is 0 Å². The number of piperidine rings is 1. The number of carbonyl (C=O) groups is 2. The van der Waals surface area contributed by atoms with Crippen molar-refractivity contribution in [1.29, 1.82) is 0 Å². The summed E-state index contributed by atoms with van der Waals surface area (Å²) in [6.07, 6.45) is 3.98. The molecule has 0 spiro atoms. The van der Waals surface area contributed by atoms with Crippen LogP contribution in [0.5, 0.6) is 0 Å². The predicted octanol–water partition coefficient (Wildman–Crippen LogP) is -0.473. The zero-order valence-corrected chi connectivity index (χ0v) is 10.7. The van der Waals surface area contributed by atoms with Gasteiger partial charge in [-0.15, -0.1) is 0 Å². The second-order valence-electron chi connectivity index (χ2n) is 4.53. The van der Waals surface area contributed by atoms with Gasteiger partial charge < -0.3 is 21.1 Å². The molecule has 1 fully saturated rings. The Morgan fingerprint density at radius 3 is 2.67 bits per heavy atom. The molecule has 1 saturated heterocycles. The number of primary amides is 1. The van der Waals surface area contributed by atoms with Crippen LogP contribution in [0.3, 0.4) is 0 Å². The standard InChI is InChI=1S/C12H23N3O3/c13-11(16)3-1-2-6-15-12(17)9-18-10-4-7-14-8-5-10/h10,14H,1-9H2,(H2,13,16)(H,15,17). The highest BCUT2D eigenvalue weighted by molar-refractivity contribution is 5.77. The number of nitrogens with two attached hydrogens (primary N) is 1. The van der Waals surface area contributed by atoms with Gasteiger partial charge in [-0.3, -0.25) is 9.59 Å². The van der Waals surface area contributed by atoms with Gasteiger partial charge in [-0.05, 0) is 38.8 Å². The van der Waals surface area contributed by atoms with Crippen molar-refractivity contribution in [1.82, 2.24) is 10.6 Å².